The van der Waals surface area contributed by atoms with Crippen molar-refractivity contribution >= 4 is 17.3 Å². The van der Waals surface area contributed by atoms with E-state index in [9.17, 15) is 18.3 Å². The number of anilines is 1. The number of hydrogen-bond donors (Lipinski definition) is 2. The Balaban J connectivity index is 2.34. The van der Waals surface area contributed by atoms with Gasteiger partial charge in [-0.05, 0) is 29.8 Å². The van der Waals surface area contributed by atoms with Gasteiger partial charge in [-0.1, -0.05) is 35.9 Å². The molecule has 1 atom stereocenters. The molecule has 0 amide bonds. The van der Waals surface area contributed by atoms with Gasteiger partial charge in [0, 0.05) is 10.7 Å². The van der Waals surface area contributed by atoms with E-state index in [-0.39, 0.29) is 5.56 Å². The van der Waals surface area contributed by atoms with Gasteiger partial charge in [0.1, 0.15) is 0 Å². The molecule has 2 nitrogen and oxygen atoms in total. The number of hydrogen-bond acceptors (Lipinski definition) is 2. The van der Waals surface area contributed by atoms with E-state index in [0.29, 0.717) is 10.7 Å². The lowest BCUT2D eigenvalue weighted by molar-refractivity contribution is -0.138. The highest BCUT2D eigenvalue weighted by Gasteiger charge is 2.34. The minimum absolute atomic E-state index is 0.00697. The lowest BCUT2D eigenvalue weighted by Crippen LogP contribution is -2.20. The Morgan fingerprint density at radius 3 is 2.43 bits per heavy atom. The minimum atomic E-state index is -4.47. The van der Waals surface area contributed by atoms with Gasteiger partial charge < -0.3 is 10.4 Å². The fourth-order valence-electron chi connectivity index (χ4n) is 2.06. The van der Waals surface area contributed by atoms with Gasteiger partial charge in [0.25, 0.3) is 0 Å². The number of aliphatic hydroxyl groups excluding tert-OH is 1. The van der Waals surface area contributed by atoms with E-state index in [4.69, 9.17) is 11.6 Å². The molecule has 6 heteroatoms. The number of aliphatic hydroxyl groups is 1. The van der Waals surface area contributed by atoms with Gasteiger partial charge >= 0.3 is 6.18 Å². The molecule has 0 aliphatic carbocycles. The molecule has 0 aliphatic rings. The Hall–Kier alpha value is -1.72. The van der Waals surface area contributed by atoms with E-state index in [1.165, 1.54) is 18.2 Å². The normalized spacial score (nSPS) is 13.0. The van der Waals surface area contributed by atoms with Crippen LogP contribution in [0.3, 0.4) is 0 Å². The van der Waals surface area contributed by atoms with Crippen LogP contribution in [0.25, 0.3) is 0 Å². The molecule has 0 fully saturated rings. The van der Waals surface area contributed by atoms with Gasteiger partial charge in [-0.25, -0.2) is 0 Å². The summed E-state index contributed by atoms with van der Waals surface area (Å²) in [5, 5.41) is 12.8. The van der Waals surface area contributed by atoms with Gasteiger partial charge in [0.2, 0.25) is 0 Å². The summed E-state index contributed by atoms with van der Waals surface area (Å²) in [7, 11) is 0. The standard InChI is InChI=1S/C15H13ClF3NO/c16-10-4-3-5-11(8-10)20-14(9-21)12-6-1-2-7-13(12)15(17,18)19/h1-8,14,20-21H,9H2. The highest BCUT2D eigenvalue weighted by atomic mass is 35.5. The van der Waals surface area contributed by atoms with Crippen LogP contribution in [0.1, 0.15) is 17.2 Å². The first-order chi connectivity index (χ1) is 9.91. The molecule has 1 unspecified atom stereocenters. The van der Waals surface area contributed by atoms with Crippen molar-refractivity contribution in [3.63, 3.8) is 0 Å². The molecule has 112 valence electrons. The maximum Gasteiger partial charge on any atom is 0.416 e. The molecule has 2 aromatic carbocycles. The summed E-state index contributed by atoms with van der Waals surface area (Å²) in [4.78, 5) is 0. The number of halogens is 4. The quantitative estimate of drug-likeness (QED) is 0.870. The van der Waals surface area contributed by atoms with Crippen LogP contribution in [-0.2, 0) is 6.18 Å². The summed E-state index contributed by atoms with van der Waals surface area (Å²) in [6.07, 6.45) is -4.47. The van der Waals surface area contributed by atoms with Gasteiger partial charge in [-0.3, -0.25) is 0 Å². The van der Waals surface area contributed by atoms with Crippen LogP contribution in [0.5, 0.6) is 0 Å². The Morgan fingerprint density at radius 2 is 1.81 bits per heavy atom. The first-order valence-corrected chi connectivity index (χ1v) is 6.58. The molecule has 0 heterocycles. The van der Waals surface area contributed by atoms with Crippen molar-refractivity contribution in [2.24, 2.45) is 0 Å². The van der Waals surface area contributed by atoms with E-state index in [2.05, 4.69) is 5.32 Å². The molecule has 2 rings (SSSR count). The van der Waals surface area contributed by atoms with Crippen molar-refractivity contribution in [1.82, 2.24) is 0 Å². The summed E-state index contributed by atoms with van der Waals surface area (Å²) in [6, 6.07) is 10.9. The van der Waals surface area contributed by atoms with Crippen molar-refractivity contribution < 1.29 is 18.3 Å². The molecular formula is C15H13ClF3NO. The molecule has 0 bridgehead atoms. The van der Waals surface area contributed by atoms with Crippen molar-refractivity contribution in [2.45, 2.75) is 12.2 Å². The topological polar surface area (TPSA) is 32.3 Å². The number of alkyl halides is 3. The molecule has 0 aliphatic heterocycles. The van der Waals surface area contributed by atoms with Gasteiger partial charge in [-0.15, -0.1) is 0 Å². The van der Waals surface area contributed by atoms with Gasteiger partial charge in [0.05, 0.1) is 18.2 Å². The van der Waals surface area contributed by atoms with Crippen LogP contribution in [-0.4, -0.2) is 11.7 Å². The summed E-state index contributed by atoms with van der Waals surface area (Å²) >= 11 is 5.84. The average molecular weight is 316 g/mol. The molecule has 0 radical (unpaired) electrons. The van der Waals surface area contributed by atoms with Crippen LogP contribution in [0.4, 0.5) is 18.9 Å². The van der Waals surface area contributed by atoms with Crippen LogP contribution in [0.2, 0.25) is 5.02 Å². The molecule has 2 aromatic rings. The van der Waals surface area contributed by atoms with Crippen LogP contribution < -0.4 is 5.32 Å². The van der Waals surface area contributed by atoms with Gasteiger partial charge in [0.15, 0.2) is 0 Å². The van der Waals surface area contributed by atoms with Crippen molar-refractivity contribution in [2.75, 3.05) is 11.9 Å². The summed E-state index contributed by atoms with van der Waals surface area (Å²) in [5.41, 5.74) is -0.232. The van der Waals surface area contributed by atoms with Crippen LogP contribution in [0.15, 0.2) is 48.5 Å². The number of nitrogens with one attached hydrogen (secondary N) is 1. The summed E-state index contributed by atoms with van der Waals surface area (Å²) in [5.74, 6) is 0. The third-order valence-corrected chi connectivity index (χ3v) is 3.22. The molecule has 0 saturated carbocycles. The second kappa shape index (κ2) is 6.37. The summed E-state index contributed by atoms with van der Waals surface area (Å²) < 4.78 is 39.1. The van der Waals surface area contributed by atoms with Gasteiger partial charge in [-0.2, -0.15) is 13.2 Å². The lowest BCUT2D eigenvalue weighted by Gasteiger charge is -2.22. The van der Waals surface area contributed by atoms with Crippen molar-refractivity contribution in [3.8, 4) is 0 Å². The molecule has 21 heavy (non-hydrogen) atoms. The smallest absolute Gasteiger partial charge is 0.394 e. The van der Waals surface area contributed by atoms with Crippen molar-refractivity contribution in [1.29, 1.82) is 0 Å². The minimum Gasteiger partial charge on any atom is -0.394 e. The zero-order valence-corrected chi connectivity index (χ0v) is 11.6. The third-order valence-electron chi connectivity index (χ3n) is 2.99. The first-order valence-electron chi connectivity index (χ1n) is 6.21. The molecule has 2 N–H and O–H groups in total. The zero-order chi connectivity index (χ0) is 15.5. The van der Waals surface area contributed by atoms with E-state index >= 15 is 0 Å². The van der Waals surface area contributed by atoms with E-state index in [1.807, 2.05) is 0 Å². The van der Waals surface area contributed by atoms with E-state index in [1.54, 1.807) is 24.3 Å². The Morgan fingerprint density at radius 1 is 1.10 bits per heavy atom. The maximum atomic E-state index is 13.0. The number of benzene rings is 2. The van der Waals surface area contributed by atoms with E-state index in [0.717, 1.165) is 6.07 Å². The molecule has 0 aromatic heterocycles. The predicted molar refractivity (Wildman–Crippen MR) is 76.3 cm³/mol. The first kappa shape index (κ1) is 15.7. The van der Waals surface area contributed by atoms with Crippen molar-refractivity contribution in [3.05, 3.63) is 64.7 Å². The van der Waals surface area contributed by atoms with Crippen LogP contribution in [0, 0.1) is 0 Å². The zero-order valence-electron chi connectivity index (χ0n) is 10.9. The molecule has 0 spiro atoms. The lowest BCUT2D eigenvalue weighted by atomic mass is 10.00. The number of rotatable bonds is 4. The average Bonchev–Trinajstić information content (AvgIpc) is 2.44. The Labute approximate surface area is 125 Å². The SMILES string of the molecule is OCC(Nc1cccc(Cl)c1)c1ccccc1C(F)(F)F. The Kier molecular flexibility index (Phi) is 4.75. The predicted octanol–water partition coefficient (Wildman–Crippen LogP) is 4.50. The van der Waals surface area contributed by atoms with E-state index < -0.39 is 24.4 Å². The highest BCUT2D eigenvalue weighted by Crippen LogP contribution is 2.35. The fraction of sp³-hybridized carbons (Fsp3) is 0.200. The highest BCUT2D eigenvalue weighted by molar-refractivity contribution is 6.30. The monoisotopic (exact) mass is 315 g/mol. The fourth-order valence-corrected chi connectivity index (χ4v) is 2.25. The summed E-state index contributed by atoms with van der Waals surface area (Å²) in [6.45, 7) is -0.473. The Bertz CT molecular complexity index is 616. The second-order valence-corrected chi connectivity index (χ2v) is 4.91. The maximum absolute atomic E-state index is 13.0. The molecular weight excluding hydrogens is 303 g/mol. The second-order valence-electron chi connectivity index (χ2n) is 4.47. The van der Waals surface area contributed by atoms with Crippen LogP contribution >= 0.6 is 11.6 Å². The largest absolute Gasteiger partial charge is 0.416 e. The molecule has 0 saturated heterocycles. The third kappa shape index (κ3) is 3.89.